The minimum atomic E-state index is -4.86. The van der Waals surface area contributed by atoms with Gasteiger partial charge in [-0.15, -0.1) is 13.2 Å². The Kier molecular flexibility index (Phi) is 3.07. The summed E-state index contributed by atoms with van der Waals surface area (Å²) < 4.78 is 54.6. The van der Waals surface area contributed by atoms with Gasteiger partial charge < -0.3 is 9.47 Å². The van der Waals surface area contributed by atoms with Crippen molar-refractivity contribution in [2.75, 3.05) is 0 Å². The molecule has 108 valence electrons. The van der Waals surface area contributed by atoms with Crippen molar-refractivity contribution in [3.05, 3.63) is 46.4 Å². The van der Waals surface area contributed by atoms with Crippen molar-refractivity contribution >= 4 is 27.8 Å². The van der Waals surface area contributed by atoms with Crippen LogP contribution < -0.4 is 9.47 Å². The largest absolute Gasteiger partial charge is 0.573 e. The first-order chi connectivity index (χ1) is 10.3. The maximum atomic E-state index is 12.4. The van der Waals surface area contributed by atoms with Gasteiger partial charge in [-0.25, -0.2) is 0 Å². The van der Waals surface area contributed by atoms with Crippen LogP contribution in [0.1, 0.15) is 6.93 Å². The van der Waals surface area contributed by atoms with Crippen LogP contribution in [0.15, 0.2) is 45.8 Å². The first kappa shape index (κ1) is 12.7. The summed E-state index contributed by atoms with van der Waals surface area (Å²) in [5.41, 5.74) is 0.783. The number of rotatable bonds is 1. The zero-order valence-corrected chi connectivity index (χ0v) is 11.8. The van der Waals surface area contributed by atoms with Crippen molar-refractivity contribution in [2.45, 2.75) is 6.36 Å². The molecular formula is C14H7BrF3NO2. The topological polar surface area (TPSA) is 30.8 Å². The van der Waals surface area contributed by atoms with E-state index in [0.717, 1.165) is 6.07 Å². The summed E-state index contributed by atoms with van der Waals surface area (Å²) >= 11 is 2.94. The van der Waals surface area contributed by atoms with Crippen molar-refractivity contribution in [1.82, 2.24) is 0 Å². The number of aliphatic imine (C=N–C) groups is 1. The summed E-state index contributed by atoms with van der Waals surface area (Å²) in [6, 6.07) is 7.69. The van der Waals surface area contributed by atoms with Gasteiger partial charge in [0.1, 0.15) is 17.2 Å². The van der Waals surface area contributed by atoms with Crippen LogP contribution in [-0.2, 0) is 0 Å². The zero-order chi connectivity index (χ0) is 15.9. The Labute approximate surface area is 127 Å². The Morgan fingerprint density at radius 1 is 1.24 bits per heavy atom. The molecule has 2 aromatic carbocycles. The molecule has 7 heteroatoms. The highest BCUT2D eigenvalue weighted by Gasteiger charge is 2.32. The van der Waals surface area contributed by atoms with Crippen LogP contribution in [0.5, 0.6) is 17.2 Å². The molecule has 0 aromatic heterocycles. The van der Waals surface area contributed by atoms with Crippen LogP contribution in [0, 0.1) is 0 Å². The van der Waals surface area contributed by atoms with Gasteiger partial charge in [0, 0.05) is 17.8 Å². The van der Waals surface area contributed by atoms with E-state index in [1.165, 1.54) is 6.21 Å². The summed E-state index contributed by atoms with van der Waals surface area (Å²) in [5, 5.41) is 0. The summed E-state index contributed by atoms with van der Waals surface area (Å²) in [7, 11) is 0. The summed E-state index contributed by atoms with van der Waals surface area (Å²) in [6.45, 7) is 0. The van der Waals surface area contributed by atoms with Crippen LogP contribution in [0.4, 0.5) is 18.9 Å². The Bertz CT molecular complexity index is 777. The van der Waals surface area contributed by atoms with Gasteiger partial charge >= 0.3 is 6.36 Å². The van der Waals surface area contributed by atoms with Crippen LogP contribution in [0.3, 0.4) is 0 Å². The molecule has 0 radical (unpaired) electrons. The van der Waals surface area contributed by atoms with E-state index >= 15 is 0 Å². The minimum Gasteiger partial charge on any atom is -0.454 e. The second-order valence-electron chi connectivity index (χ2n) is 4.10. The number of fused-ring (bicyclic) bond motifs is 2. The van der Waals surface area contributed by atoms with E-state index in [0.29, 0.717) is 11.4 Å². The minimum absolute atomic E-state index is 0.0705. The van der Waals surface area contributed by atoms with Crippen LogP contribution in [0.25, 0.3) is 0 Å². The molecule has 0 unspecified atom stereocenters. The molecule has 0 saturated heterocycles. The molecule has 0 N–H and O–H groups in total. The number of hydrogen-bond donors (Lipinski definition) is 0. The molecule has 0 amide bonds. The fraction of sp³-hybridized carbons (Fsp3) is 0.0714. The Hall–Kier alpha value is -2.02. The maximum absolute atomic E-state index is 12.4. The number of alkyl halides is 3. The fourth-order valence-corrected chi connectivity index (χ4v) is 2.19. The second kappa shape index (κ2) is 5.07. The average molecular weight is 359 g/mol. The molecule has 3 nitrogen and oxygen atoms in total. The van der Waals surface area contributed by atoms with Gasteiger partial charge in [-0.2, -0.15) is 0 Å². The Morgan fingerprint density at radius 3 is 2.76 bits per heavy atom. The lowest BCUT2D eigenvalue weighted by Crippen LogP contribution is -2.17. The molecule has 0 spiro atoms. The number of halogens is 4. The van der Waals surface area contributed by atoms with Crippen molar-refractivity contribution in [3.8, 4) is 17.2 Å². The van der Waals surface area contributed by atoms with E-state index in [-0.39, 0.29) is 21.8 Å². The molecule has 0 atom stereocenters. The normalized spacial score (nSPS) is 13.6. The third kappa shape index (κ3) is 3.02. The molecule has 0 bridgehead atoms. The standard InChI is InChI=1S/C14H7BrF3NO2/c15-9-5-8-7-19-10-3-1-2-4-11(10)20-12(8)6-13(9)21-14(16,17)18/h1-7H/i5D. The lowest BCUT2D eigenvalue weighted by atomic mass is 10.2. The Morgan fingerprint density at radius 2 is 2.00 bits per heavy atom. The molecule has 2 aromatic rings. The number of ether oxygens (including phenoxy) is 2. The summed E-state index contributed by atoms with van der Waals surface area (Å²) in [4.78, 5) is 4.18. The van der Waals surface area contributed by atoms with Gasteiger partial charge in [-0.1, -0.05) is 12.1 Å². The summed E-state index contributed by atoms with van der Waals surface area (Å²) in [5.74, 6) is -0.0811. The summed E-state index contributed by atoms with van der Waals surface area (Å²) in [6.07, 6.45) is -3.48. The number of para-hydroxylation sites is 2. The van der Waals surface area contributed by atoms with E-state index in [4.69, 9.17) is 6.11 Å². The fourth-order valence-electron chi connectivity index (χ4n) is 1.78. The van der Waals surface area contributed by atoms with Gasteiger partial charge in [0.2, 0.25) is 0 Å². The van der Waals surface area contributed by atoms with Crippen molar-refractivity contribution in [2.24, 2.45) is 4.99 Å². The lowest BCUT2D eigenvalue weighted by molar-refractivity contribution is -0.274. The van der Waals surface area contributed by atoms with Crippen LogP contribution >= 0.6 is 15.9 Å². The van der Waals surface area contributed by atoms with Gasteiger partial charge in [0.05, 0.1) is 5.84 Å². The second-order valence-corrected chi connectivity index (χ2v) is 4.89. The van der Waals surface area contributed by atoms with Crippen LogP contribution in [0.2, 0.25) is 0 Å². The van der Waals surface area contributed by atoms with Crippen molar-refractivity contribution in [1.29, 1.82) is 0 Å². The molecule has 21 heavy (non-hydrogen) atoms. The lowest BCUT2D eigenvalue weighted by Gasteiger charge is -2.13. The van der Waals surface area contributed by atoms with Crippen LogP contribution in [-0.4, -0.2) is 12.6 Å². The molecule has 1 aliphatic rings. The number of hydrogen-bond acceptors (Lipinski definition) is 3. The third-order valence-electron chi connectivity index (χ3n) is 2.63. The molecule has 0 fully saturated rings. The van der Waals surface area contributed by atoms with E-state index in [9.17, 15) is 13.2 Å². The molecule has 3 rings (SSSR count). The van der Waals surface area contributed by atoms with E-state index in [1.54, 1.807) is 24.3 Å². The predicted molar refractivity (Wildman–Crippen MR) is 74.6 cm³/mol. The monoisotopic (exact) mass is 358 g/mol. The first-order valence-corrected chi connectivity index (χ1v) is 6.54. The molecule has 1 heterocycles. The highest BCUT2D eigenvalue weighted by molar-refractivity contribution is 9.10. The van der Waals surface area contributed by atoms with Gasteiger partial charge in [-0.3, -0.25) is 4.99 Å². The highest BCUT2D eigenvalue weighted by Crippen LogP contribution is 2.41. The first-order valence-electron chi connectivity index (χ1n) is 6.25. The predicted octanol–water partition coefficient (Wildman–Crippen LogP) is 5.20. The zero-order valence-electron chi connectivity index (χ0n) is 11.2. The molecule has 0 aliphatic carbocycles. The van der Waals surface area contributed by atoms with Crippen molar-refractivity contribution < 1.29 is 24.0 Å². The quantitative estimate of drug-likeness (QED) is 0.598. The van der Waals surface area contributed by atoms with Gasteiger partial charge in [-0.05, 0) is 34.1 Å². The number of nitrogens with zero attached hydrogens (tertiary/aromatic N) is 1. The maximum Gasteiger partial charge on any atom is 0.573 e. The smallest absolute Gasteiger partial charge is 0.454 e. The van der Waals surface area contributed by atoms with Gasteiger partial charge in [0.15, 0.2) is 5.75 Å². The highest BCUT2D eigenvalue weighted by atomic mass is 79.9. The van der Waals surface area contributed by atoms with Crippen molar-refractivity contribution in [3.63, 3.8) is 0 Å². The SMILES string of the molecule is [2H]c1c(Br)c(OC(F)(F)F)cc2c1C=Nc1ccccc1O2. The molecule has 1 aliphatic heterocycles. The Balaban J connectivity index is 2.13. The molecular weight excluding hydrogens is 351 g/mol. The van der Waals surface area contributed by atoms with E-state index < -0.39 is 12.1 Å². The van der Waals surface area contributed by atoms with Gasteiger partial charge in [0.25, 0.3) is 0 Å². The van der Waals surface area contributed by atoms with E-state index in [1.807, 2.05) is 0 Å². The average Bonchev–Trinajstić information content (AvgIpc) is 2.62. The van der Waals surface area contributed by atoms with E-state index in [2.05, 4.69) is 25.7 Å². The number of benzene rings is 2. The molecule has 0 saturated carbocycles. The third-order valence-corrected chi connectivity index (χ3v) is 3.22.